The van der Waals surface area contributed by atoms with Crippen LogP contribution in [0.4, 0.5) is 0 Å². The highest BCUT2D eigenvalue weighted by atomic mass is 35.5. The fraction of sp³-hybridized carbons (Fsp3) is 0.429. The second-order valence-corrected chi connectivity index (χ2v) is 4.69. The maximum atomic E-state index is 6.11. The summed E-state index contributed by atoms with van der Waals surface area (Å²) in [5.74, 6) is 0.928. The SMILES string of the molecule is CNC(CCCOC)c1cc2cccc(Cl)c2o1. The van der Waals surface area contributed by atoms with Crippen molar-refractivity contribution in [3.8, 4) is 0 Å². The van der Waals surface area contributed by atoms with E-state index in [4.69, 9.17) is 20.8 Å². The molecule has 2 rings (SSSR count). The van der Waals surface area contributed by atoms with Crippen molar-refractivity contribution in [3.05, 3.63) is 35.0 Å². The third-order valence-electron chi connectivity index (χ3n) is 3.05. The number of hydrogen-bond acceptors (Lipinski definition) is 3. The van der Waals surface area contributed by atoms with E-state index in [1.165, 1.54) is 0 Å². The molecule has 1 atom stereocenters. The van der Waals surface area contributed by atoms with Gasteiger partial charge >= 0.3 is 0 Å². The average Bonchev–Trinajstić information content (AvgIpc) is 2.80. The number of methoxy groups -OCH3 is 1. The molecular weight excluding hydrogens is 250 g/mol. The van der Waals surface area contributed by atoms with E-state index < -0.39 is 0 Å². The first-order valence-corrected chi connectivity index (χ1v) is 6.48. The highest BCUT2D eigenvalue weighted by Gasteiger charge is 2.15. The molecule has 0 saturated carbocycles. The van der Waals surface area contributed by atoms with Gasteiger partial charge in [0.15, 0.2) is 5.58 Å². The Morgan fingerprint density at radius 2 is 2.28 bits per heavy atom. The molecule has 0 bridgehead atoms. The minimum absolute atomic E-state index is 0.198. The number of nitrogens with one attached hydrogen (secondary N) is 1. The lowest BCUT2D eigenvalue weighted by atomic mass is 10.1. The quantitative estimate of drug-likeness (QED) is 0.809. The van der Waals surface area contributed by atoms with Crippen LogP contribution in [0.25, 0.3) is 11.0 Å². The van der Waals surface area contributed by atoms with Crippen LogP contribution in [0, 0.1) is 0 Å². The zero-order chi connectivity index (χ0) is 13.0. The molecule has 0 aliphatic rings. The lowest BCUT2D eigenvalue weighted by molar-refractivity contribution is 0.188. The molecule has 18 heavy (non-hydrogen) atoms. The zero-order valence-corrected chi connectivity index (χ0v) is 11.5. The fourth-order valence-electron chi connectivity index (χ4n) is 2.08. The molecular formula is C14H18ClNO2. The predicted molar refractivity (Wildman–Crippen MR) is 74.1 cm³/mol. The molecule has 2 aromatic rings. The van der Waals surface area contributed by atoms with Crippen LogP contribution in [0.15, 0.2) is 28.7 Å². The molecule has 3 nitrogen and oxygen atoms in total. The Hall–Kier alpha value is -1.03. The van der Waals surface area contributed by atoms with E-state index in [9.17, 15) is 0 Å². The molecule has 1 N–H and O–H groups in total. The molecule has 1 aromatic carbocycles. The van der Waals surface area contributed by atoms with Gasteiger partial charge < -0.3 is 14.5 Å². The van der Waals surface area contributed by atoms with Gasteiger partial charge in [0, 0.05) is 19.1 Å². The summed E-state index contributed by atoms with van der Waals surface area (Å²) < 4.78 is 10.9. The molecule has 0 aliphatic heterocycles. The van der Waals surface area contributed by atoms with E-state index in [2.05, 4.69) is 11.4 Å². The summed E-state index contributed by atoms with van der Waals surface area (Å²) in [7, 11) is 3.65. The van der Waals surface area contributed by atoms with Crippen molar-refractivity contribution in [2.75, 3.05) is 20.8 Å². The number of halogens is 1. The third kappa shape index (κ3) is 2.86. The largest absolute Gasteiger partial charge is 0.458 e. The smallest absolute Gasteiger partial charge is 0.152 e. The van der Waals surface area contributed by atoms with Crippen LogP contribution in [0.2, 0.25) is 5.02 Å². The number of furan rings is 1. The van der Waals surface area contributed by atoms with Gasteiger partial charge in [-0.2, -0.15) is 0 Å². The summed E-state index contributed by atoms with van der Waals surface area (Å²) in [6.45, 7) is 0.763. The number of benzene rings is 1. The summed E-state index contributed by atoms with van der Waals surface area (Å²) in [5, 5.41) is 4.97. The van der Waals surface area contributed by atoms with Gasteiger partial charge in [0.05, 0.1) is 11.1 Å². The zero-order valence-electron chi connectivity index (χ0n) is 10.7. The van der Waals surface area contributed by atoms with Gasteiger partial charge in [0.25, 0.3) is 0 Å². The van der Waals surface area contributed by atoms with Gasteiger partial charge in [0.2, 0.25) is 0 Å². The first-order chi connectivity index (χ1) is 8.76. The van der Waals surface area contributed by atoms with Gasteiger partial charge in [-0.25, -0.2) is 0 Å². The predicted octanol–water partition coefficient (Wildman–Crippen LogP) is 3.77. The topological polar surface area (TPSA) is 34.4 Å². The lowest BCUT2D eigenvalue weighted by Gasteiger charge is -2.12. The van der Waals surface area contributed by atoms with Gasteiger partial charge in [0.1, 0.15) is 5.76 Å². The summed E-state index contributed by atoms with van der Waals surface area (Å²) in [5.41, 5.74) is 0.765. The Morgan fingerprint density at radius 1 is 1.44 bits per heavy atom. The molecule has 1 heterocycles. The third-order valence-corrected chi connectivity index (χ3v) is 3.35. The number of para-hydroxylation sites is 1. The van der Waals surface area contributed by atoms with Crippen molar-refractivity contribution in [2.45, 2.75) is 18.9 Å². The molecule has 1 unspecified atom stereocenters. The molecule has 0 amide bonds. The van der Waals surface area contributed by atoms with Gasteiger partial charge in [-0.15, -0.1) is 0 Å². The average molecular weight is 268 g/mol. The van der Waals surface area contributed by atoms with Crippen LogP contribution in [-0.2, 0) is 4.74 Å². The van der Waals surface area contributed by atoms with E-state index in [1.807, 2.05) is 25.2 Å². The van der Waals surface area contributed by atoms with Crippen molar-refractivity contribution in [1.29, 1.82) is 0 Å². The number of fused-ring (bicyclic) bond motifs is 1. The molecule has 0 spiro atoms. The first kappa shape index (κ1) is 13.4. The van der Waals surface area contributed by atoms with Crippen LogP contribution in [0.1, 0.15) is 24.6 Å². The van der Waals surface area contributed by atoms with Crippen molar-refractivity contribution < 1.29 is 9.15 Å². The van der Waals surface area contributed by atoms with Gasteiger partial charge in [-0.3, -0.25) is 0 Å². The minimum Gasteiger partial charge on any atom is -0.458 e. The van der Waals surface area contributed by atoms with E-state index in [-0.39, 0.29) is 6.04 Å². The van der Waals surface area contributed by atoms with Crippen molar-refractivity contribution in [1.82, 2.24) is 5.32 Å². The van der Waals surface area contributed by atoms with E-state index in [0.717, 1.165) is 36.2 Å². The summed E-state index contributed by atoms with van der Waals surface area (Å²) in [6, 6.07) is 8.04. The van der Waals surface area contributed by atoms with Crippen LogP contribution < -0.4 is 5.32 Å². The molecule has 1 aromatic heterocycles. The summed E-state index contributed by atoms with van der Waals surface area (Å²) >= 11 is 6.11. The van der Waals surface area contributed by atoms with E-state index in [1.54, 1.807) is 7.11 Å². The lowest BCUT2D eigenvalue weighted by Crippen LogP contribution is -2.16. The Morgan fingerprint density at radius 3 is 2.94 bits per heavy atom. The first-order valence-electron chi connectivity index (χ1n) is 6.10. The van der Waals surface area contributed by atoms with Crippen LogP contribution >= 0.6 is 11.6 Å². The summed E-state index contributed by atoms with van der Waals surface area (Å²) in [6.07, 6.45) is 1.97. The molecule has 0 radical (unpaired) electrons. The van der Waals surface area contributed by atoms with Crippen LogP contribution in [0.3, 0.4) is 0 Å². The summed E-state index contributed by atoms with van der Waals surface area (Å²) in [4.78, 5) is 0. The van der Waals surface area contributed by atoms with Crippen molar-refractivity contribution in [3.63, 3.8) is 0 Å². The Labute approximate surface area is 112 Å². The standard InChI is InChI=1S/C14H18ClNO2/c1-16-12(7-4-8-17-2)13-9-10-5-3-6-11(15)14(10)18-13/h3,5-6,9,12,16H,4,7-8H2,1-2H3. The Bertz CT molecular complexity index is 509. The molecule has 0 aliphatic carbocycles. The fourth-order valence-corrected chi connectivity index (χ4v) is 2.30. The van der Waals surface area contributed by atoms with Crippen molar-refractivity contribution >= 4 is 22.6 Å². The Kier molecular flexibility index (Phi) is 4.64. The number of rotatable bonds is 6. The van der Waals surface area contributed by atoms with Crippen LogP contribution in [0.5, 0.6) is 0 Å². The monoisotopic (exact) mass is 267 g/mol. The van der Waals surface area contributed by atoms with Gasteiger partial charge in [-0.05, 0) is 32.0 Å². The Balaban J connectivity index is 2.20. The highest BCUT2D eigenvalue weighted by molar-refractivity contribution is 6.34. The molecule has 0 fully saturated rings. The minimum atomic E-state index is 0.198. The van der Waals surface area contributed by atoms with E-state index in [0.29, 0.717) is 5.02 Å². The number of ether oxygens (including phenoxy) is 1. The highest BCUT2D eigenvalue weighted by Crippen LogP contribution is 2.30. The molecule has 0 saturated heterocycles. The molecule has 4 heteroatoms. The normalized spacial score (nSPS) is 13.1. The molecule has 98 valence electrons. The second-order valence-electron chi connectivity index (χ2n) is 4.28. The van der Waals surface area contributed by atoms with Crippen LogP contribution in [-0.4, -0.2) is 20.8 Å². The maximum Gasteiger partial charge on any atom is 0.152 e. The van der Waals surface area contributed by atoms with Crippen molar-refractivity contribution in [2.24, 2.45) is 0 Å². The second kappa shape index (κ2) is 6.23. The number of hydrogen-bond donors (Lipinski definition) is 1. The van der Waals surface area contributed by atoms with E-state index >= 15 is 0 Å². The van der Waals surface area contributed by atoms with Gasteiger partial charge in [-0.1, -0.05) is 23.7 Å². The maximum absolute atomic E-state index is 6.11.